The number of rotatable bonds is 5. The number of hydrogen-bond acceptors (Lipinski definition) is 9. The van der Waals surface area contributed by atoms with Gasteiger partial charge in [0.25, 0.3) is 21.5 Å². The Morgan fingerprint density at radius 2 is 1.89 bits per heavy atom. The second-order valence-corrected chi connectivity index (χ2v) is 11.6. The molecule has 5 rings (SSSR count). The van der Waals surface area contributed by atoms with E-state index in [2.05, 4.69) is 25.5 Å². The predicted molar refractivity (Wildman–Crippen MR) is 133 cm³/mol. The molecule has 0 saturated carbocycles. The Morgan fingerprint density at radius 1 is 1.16 bits per heavy atom. The van der Waals surface area contributed by atoms with Crippen molar-refractivity contribution in [3.05, 3.63) is 51.8 Å². The van der Waals surface area contributed by atoms with Gasteiger partial charge < -0.3 is 10.2 Å². The van der Waals surface area contributed by atoms with Crippen LogP contribution in [0.4, 0.5) is 5.13 Å². The number of thiazole rings is 1. The molecule has 0 bridgehead atoms. The normalized spacial score (nSPS) is 14.8. The van der Waals surface area contributed by atoms with E-state index in [0.29, 0.717) is 22.5 Å². The number of aromatic amines is 1. The number of aromatic nitrogens is 6. The first kappa shape index (κ1) is 24.8. The third-order valence-corrected chi connectivity index (χ3v) is 9.52. The number of sulfonamides is 1. The summed E-state index contributed by atoms with van der Waals surface area (Å²) in [4.78, 5) is 45.2. The van der Waals surface area contributed by atoms with E-state index in [1.807, 2.05) is 0 Å². The van der Waals surface area contributed by atoms with E-state index in [1.54, 1.807) is 37.1 Å². The average Bonchev–Trinajstić information content (AvgIpc) is 3.57. The number of carbonyl (C=O) groups excluding carboxylic acids is 2. The van der Waals surface area contributed by atoms with Crippen LogP contribution in [0.1, 0.15) is 28.7 Å². The lowest BCUT2D eigenvalue weighted by Gasteiger charge is -2.33. The molecule has 1 saturated heterocycles. The highest BCUT2D eigenvalue weighted by atomic mass is 32.2. The lowest BCUT2D eigenvalue weighted by molar-refractivity contribution is -0.114. The minimum absolute atomic E-state index is 0.0642. The van der Waals surface area contributed by atoms with Crippen molar-refractivity contribution in [3.63, 3.8) is 0 Å². The number of aryl methyl sites for hydroxylation is 1. The summed E-state index contributed by atoms with van der Waals surface area (Å²) in [5.41, 5.74) is 1.17. The number of amides is 2. The van der Waals surface area contributed by atoms with Gasteiger partial charge in [-0.05, 0) is 26.0 Å². The molecule has 0 aliphatic carbocycles. The van der Waals surface area contributed by atoms with Crippen LogP contribution in [-0.4, -0.2) is 85.0 Å². The summed E-state index contributed by atoms with van der Waals surface area (Å²) < 4.78 is 30.6. The molecule has 4 aromatic heterocycles. The number of nitrogens with zero attached hydrogens (tertiary/aromatic N) is 7. The zero-order valence-corrected chi connectivity index (χ0v) is 21.8. The maximum absolute atomic E-state index is 13.2. The van der Waals surface area contributed by atoms with Crippen molar-refractivity contribution in [2.75, 3.05) is 31.5 Å². The third-order valence-electron chi connectivity index (χ3n) is 5.97. The Labute approximate surface area is 214 Å². The van der Waals surface area contributed by atoms with Gasteiger partial charge in [-0.15, -0.1) is 5.10 Å². The summed E-state index contributed by atoms with van der Waals surface area (Å²) in [5, 5.41) is 11.3. The molecule has 1 fully saturated rings. The van der Waals surface area contributed by atoms with Crippen LogP contribution in [0.3, 0.4) is 0 Å². The van der Waals surface area contributed by atoms with E-state index < -0.39 is 10.0 Å². The lowest BCUT2D eigenvalue weighted by atomic mass is 10.2. The van der Waals surface area contributed by atoms with Crippen LogP contribution in [-0.2, 0) is 14.8 Å². The van der Waals surface area contributed by atoms with Gasteiger partial charge >= 0.3 is 0 Å². The topological polar surface area (TPSA) is 168 Å². The van der Waals surface area contributed by atoms with Crippen LogP contribution in [0, 0.1) is 13.8 Å². The summed E-state index contributed by atoms with van der Waals surface area (Å²) >= 11 is 0.900. The molecule has 2 amide bonds. The van der Waals surface area contributed by atoms with Crippen molar-refractivity contribution in [2.45, 2.75) is 25.0 Å². The smallest absolute Gasteiger partial charge is 0.276 e. The van der Waals surface area contributed by atoms with Crippen molar-refractivity contribution in [1.82, 2.24) is 38.6 Å². The first-order valence-corrected chi connectivity index (χ1v) is 13.5. The molecule has 14 nitrogen and oxygen atoms in total. The quantitative estimate of drug-likeness (QED) is 0.363. The molecule has 0 aromatic carbocycles. The van der Waals surface area contributed by atoms with E-state index >= 15 is 0 Å². The van der Waals surface area contributed by atoms with Gasteiger partial charge in [-0.1, -0.05) is 11.3 Å². The predicted octanol–water partition coefficient (Wildman–Crippen LogP) is 0.387. The maximum atomic E-state index is 13.2. The van der Waals surface area contributed by atoms with Crippen molar-refractivity contribution >= 4 is 43.8 Å². The highest BCUT2D eigenvalue weighted by molar-refractivity contribution is 7.91. The molecule has 37 heavy (non-hydrogen) atoms. The molecule has 0 unspecified atom stereocenters. The van der Waals surface area contributed by atoms with Gasteiger partial charge in [0.1, 0.15) is 5.52 Å². The largest absolute Gasteiger partial charge is 0.336 e. The molecule has 0 radical (unpaired) electrons. The van der Waals surface area contributed by atoms with Crippen LogP contribution >= 0.6 is 11.3 Å². The first-order chi connectivity index (χ1) is 17.6. The number of piperazine rings is 1. The van der Waals surface area contributed by atoms with E-state index in [1.165, 1.54) is 26.6 Å². The number of fused-ring (bicyclic) bond motifs is 1. The second-order valence-electron chi connectivity index (χ2n) is 8.44. The minimum Gasteiger partial charge on any atom is -0.336 e. The lowest BCUT2D eigenvalue weighted by Crippen LogP contribution is -2.50. The molecule has 4 aromatic rings. The van der Waals surface area contributed by atoms with E-state index in [9.17, 15) is 22.8 Å². The third kappa shape index (κ3) is 4.42. The Hall–Kier alpha value is -3.89. The average molecular weight is 546 g/mol. The molecule has 5 heterocycles. The summed E-state index contributed by atoms with van der Waals surface area (Å²) in [6.45, 7) is 5.17. The molecule has 194 valence electrons. The summed E-state index contributed by atoms with van der Waals surface area (Å²) in [6, 6.07) is 3.34. The SMILES string of the molecule is CC(=O)Nc1nc(C)c(S(=O)(=O)N2CCN(C(=O)c3cnn(-c4nn5cccc5c(=O)[nH]4)c3C)CC2)s1. The summed E-state index contributed by atoms with van der Waals surface area (Å²) in [7, 11) is -3.84. The summed E-state index contributed by atoms with van der Waals surface area (Å²) in [5.74, 6) is -0.470. The number of nitrogens with one attached hydrogen (secondary N) is 2. The van der Waals surface area contributed by atoms with Gasteiger partial charge in [0.2, 0.25) is 11.9 Å². The zero-order valence-electron chi connectivity index (χ0n) is 20.1. The van der Waals surface area contributed by atoms with Gasteiger partial charge in [-0.25, -0.2) is 22.6 Å². The number of anilines is 1. The van der Waals surface area contributed by atoms with Crippen molar-refractivity contribution in [2.24, 2.45) is 0 Å². The van der Waals surface area contributed by atoms with Crippen LogP contribution in [0.2, 0.25) is 0 Å². The highest BCUT2D eigenvalue weighted by Crippen LogP contribution is 2.30. The monoisotopic (exact) mass is 545 g/mol. The Kier molecular flexibility index (Phi) is 6.17. The number of carbonyl (C=O) groups is 2. The molecule has 2 N–H and O–H groups in total. The molecule has 0 atom stereocenters. The van der Waals surface area contributed by atoms with E-state index in [4.69, 9.17) is 0 Å². The molecule has 1 aliphatic heterocycles. The fourth-order valence-corrected chi connectivity index (χ4v) is 7.12. The molecule has 1 aliphatic rings. The summed E-state index contributed by atoms with van der Waals surface area (Å²) in [6.07, 6.45) is 3.05. The van der Waals surface area contributed by atoms with Gasteiger partial charge in [0.05, 0.1) is 23.1 Å². The second kappa shape index (κ2) is 9.20. The minimum atomic E-state index is -3.84. The first-order valence-electron chi connectivity index (χ1n) is 11.2. The van der Waals surface area contributed by atoms with Crippen LogP contribution < -0.4 is 10.9 Å². The van der Waals surface area contributed by atoms with Crippen molar-refractivity contribution in [3.8, 4) is 5.95 Å². The Morgan fingerprint density at radius 3 is 2.59 bits per heavy atom. The number of H-pyrrole nitrogens is 1. The highest BCUT2D eigenvalue weighted by Gasteiger charge is 2.34. The zero-order chi connectivity index (χ0) is 26.5. The van der Waals surface area contributed by atoms with Gasteiger partial charge in [0, 0.05) is 39.3 Å². The number of hydrogen-bond donors (Lipinski definition) is 2. The maximum Gasteiger partial charge on any atom is 0.276 e. The van der Waals surface area contributed by atoms with E-state index in [-0.39, 0.29) is 58.8 Å². The standard InChI is InChI=1S/C21H23N9O5S2/c1-12-19(36-21(23-12)24-14(3)31)37(34,35)28-9-7-27(8-10-28)18(33)15-11-22-30(13(15)2)20-25-17(32)16-5-4-6-29(16)26-20/h4-6,11H,7-10H2,1-3H3,(H,23,24,31)(H,25,26,32). The van der Waals surface area contributed by atoms with Crippen LogP contribution in [0.25, 0.3) is 11.5 Å². The molecule has 16 heteroatoms. The Balaban J connectivity index is 1.31. The molecule has 0 spiro atoms. The van der Waals surface area contributed by atoms with Crippen molar-refractivity contribution in [1.29, 1.82) is 0 Å². The molecular formula is C21H23N9O5S2. The van der Waals surface area contributed by atoms with Crippen LogP contribution in [0.5, 0.6) is 0 Å². The fraction of sp³-hybridized carbons (Fsp3) is 0.333. The van der Waals surface area contributed by atoms with E-state index in [0.717, 1.165) is 11.3 Å². The Bertz CT molecular complexity index is 1690. The van der Waals surface area contributed by atoms with Crippen molar-refractivity contribution < 1.29 is 18.0 Å². The van der Waals surface area contributed by atoms with Gasteiger partial charge in [0.15, 0.2) is 9.34 Å². The van der Waals surface area contributed by atoms with Gasteiger partial charge in [-0.3, -0.25) is 19.4 Å². The van der Waals surface area contributed by atoms with Gasteiger partial charge in [-0.2, -0.15) is 9.40 Å². The molecular weight excluding hydrogens is 522 g/mol. The van der Waals surface area contributed by atoms with Crippen LogP contribution in [0.15, 0.2) is 33.5 Å². The fourth-order valence-electron chi connectivity index (χ4n) is 4.11.